The molecule has 2 rings (SSSR count). The van der Waals surface area contributed by atoms with Crippen molar-refractivity contribution in [2.75, 3.05) is 13.1 Å². The van der Waals surface area contributed by atoms with E-state index in [2.05, 4.69) is 12.2 Å². The van der Waals surface area contributed by atoms with Gasteiger partial charge in [-0.05, 0) is 25.2 Å². The van der Waals surface area contributed by atoms with E-state index in [1.807, 2.05) is 0 Å². The summed E-state index contributed by atoms with van der Waals surface area (Å²) >= 11 is 0. The fourth-order valence-electron chi connectivity index (χ4n) is 2.44. The summed E-state index contributed by atoms with van der Waals surface area (Å²) in [5.41, 5.74) is 0. The Balaban J connectivity index is 1.73. The van der Waals surface area contributed by atoms with E-state index in [0.29, 0.717) is 12.5 Å². The monoisotopic (exact) mass is 210 g/mol. The lowest BCUT2D eigenvalue weighted by Gasteiger charge is -2.32. The molecule has 1 heterocycles. The second-order valence-corrected chi connectivity index (χ2v) is 4.87. The van der Waals surface area contributed by atoms with Crippen LogP contribution in [0.15, 0.2) is 0 Å². The van der Waals surface area contributed by atoms with Crippen molar-refractivity contribution < 1.29 is 9.59 Å². The van der Waals surface area contributed by atoms with Crippen LogP contribution in [-0.4, -0.2) is 36.3 Å². The summed E-state index contributed by atoms with van der Waals surface area (Å²) in [6.45, 7) is 3.63. The van der Waals surface area contributed by atoms with Crippen LogP contribution >= 0.6 is 0 Å². The number of nitrogens with zero attached hydrogens (tertiary/aromatic N) is 1. The van der Waals surface area contributed by atoms with Gasteiger partial charge in [0.25, 0.3) is 0 Å². The molecule has 0 bridgehead atoms. The number of hydrogen-bond acceptors (Lipinski definition) is 2. The van der Waals surface area contributed by atoms with Crippen molar-refractivity contribution >= 4 is 12.3 Å². The molecule has 15 heavy (non-hydrogen) atoms. The Bertz CT molecular complexity index is 261. The third-order valence-electron chi connectivity index (χ3n) is 3.46. The van der Waals surface area contributed by atoms with Crippen LogP contribution in [0.2, 0.25) is 0 Å². The molecule has 4 nitrogen and oxygen atoms in total. The largest absolute Gasteiger partial charge is 0.351 e. The molecule has 1 aliphatic carbocycles. The Morgan fingerprint density at radius 3 is 2.73 bits per heavy atom. The molecule has 2 fully saturated rings. The number of amides is 2. The van der Waals surface area contributed by atoms with Gasteiger partial charge in [0.15, 0.2) is 0 Å². The van der Waals surface area contributed by atoms with Gasteiger partial charge in [-0.15, -0.1) is 0 Å². The highest BCUT2D eigenvalue weighted by atomic mass is 16.2. The SMILES string of the molecule is CC1CC(C(=O)NC2CCN(C=O)C2)C1. The van der Waals surface area contributed by atoms with Crippen molar-refractivity contribution in [1.82, 2.24) is 10.2 Å². The van der Waals surface area contributed by atoms with Crippen LogP contribution in [0.5, 0.6) is 0 Å². The van der Waals surface area contributed by atoms with Gasteiger partial charge in [-0.3, -0.25) is 9.59 Å². The fourth-order valence-corrected chi connectivity index (χ4v) is 2.44. The minimum absolute atomic E-state index is 0.179. The van der Waals surface area contributed by atoms with Gasteiger partial charge >= 0.3 is 0 Å². The second-order valence-electron chi connectivity index (χ2n) is 4.87. The van der Waals surface area contributed by atoms with E-state index >= 15 is 0 Å². The van der Waals surface area contributed by atoms with Crippen molar-refractivity contribution in [3.05, 3.63) is 0 Å². The predicted molar refractivity (Wildman–Crippen MR) is 56.1 cm³/mol. The molecule has 1 unspecified atom stereocenters. The van der Waals surface area contributed by atoms with Gasteiger partial charge < -0.3 is 10.2 Å². The van der Waals surface area contributed by atoms with Crippen LogP contribution in [0.4, 0.5) is 0 Å². The summed E-state index contributed by atoms with van der Waals surface area (Å²) in [6.07, 6.45) is 3.80. The molecule has 0 aromatic rings. The molecule has 1 saturated carbocycles. The maximum atomic E-state index is 11.7. The number of likely N-dealkylation sites (tertiary alicyclic amines) is 1. The Kier molecular flexibility index (Phi) is 2.93. The zero-order chi connectivity index (χ0) is 10.8. The molecule has 0 aromatic carbocycles. The molecule has 0 aromatic heterocycles. The molecule has 4 heteroatoms. The van der Waals surface area contributed by atoms with Crippen LogP contribution in [0.1, 0.15) is 26.2 Å². The summed E-state index contributed by atoms with van der Waals surface area (Å²) in [7, 11) is 0. The Morgan fingerprint density at radius 2 is 2.20 bits per heavy atom. The molecule has 1 N–H and O–H groups in total. The van der Waals surface area contributed by atoms with Gasteiger partial charge in [0, 0.05) is 25.0 Å². The molecular formula is C11H18N2O2. The average Bonchev–Trinajstić information content (AvgIpc) is 2.60. The van der Waals surface area contributed by atoms with Crippen LogP contribution in [0, 0.1) is 11.8 Å². The molecule has 2 aliphatic rings. The van der Waals surface area contributed by atoms with E-state index in [-0.39, 0.29) is 17.9 Å². The molecular weight excluding hydrogens is 192 g/mol. The van der Waals surface area contributed by atoms with Crippen molar-refractivity contribution in [3.63, 3.8) is 0 Å². The van der Waals surface area contributed by atoms with E-state index in [1.54, 1.807) is 4.90 Å². The van der Waals surface area contributed by atoms with Crippen molar-refractivity contribution in [1.29, 1.82) is 0 Å². The van der Waals surface area contributed by atoms with E-state index in [9.17, 15) is 9.59 Å². The number of carbonyl (C=O) groups excluding carboxylic acids is 2. The first-order valence-electron chi connectivity index (χ1n) is 5.68. The summed E-state index contributed by atoms with van der Waals surface area (Å²) in [5.74, 6) is 1.12. The minimum atomic E-state index is 0.179. The molecule has 0 spiro atoms. The van der Waals surface area contributed by atoms with Crippen LogP contribution < -0.4 is 5.32 Å². The van der Waals surface area contributed by atoms with Crippen LogP contribution in [0.25, 0.3) is 0 Å². The van der Waals surface area contributed by atoms with Crippen LogP contribution in [0.3, 0.4) is 0 Å². The van der Waals surface area contributed by atoms with Crippen molar-refractivity contribution in [2.24, 2.45) is 11.8 Å². The molecule has 1 atom stereocenters. The fraction of sp³-hybridized carbons (Fsp3) is 0.818. The molecule has 84 valence electrons. The number of carbonyl (C=O) groups is 2. The summed E-state index contributed by atoms with van der Waals surface area (Å²) in [4.78, 5) is 23.9. The third kappa shape index (κ3) is 2.30. The highest BCUT2D eigenvalue weighted by Gasteiger charge is 2.33. The second kappa shape index (κ2) is 4.21. The normalized spacial score (nSPS) is 34.7. The average molecular weight is 210 g/mol. The van der Waals surface area contributed by atoms with Gasteiger partial charge in [0.2, 0.25) is 12.3 Å². The van der Waals surface area contributed by atoms with Crippen molar-refractivity contribution in [2.45, 2.75) is 32.2 Å². The van der Waals surface area contributed by atoms with E-state index in [0.717, 1.165) is 32.2 Å². The zero-order valence-electron chi connectivity index (χ0n) is 9.11. The highest BCUT2D eigenvalue weighted by molar-refractivity contribution is 5.79. The Morgan fingerprint density at radius 1 is 1.47 bits per heavy atom. The Labute approximate surface area is 90.0 Å². The van der Waals surface area contributed by atoms with Gasteiger partial charge in [-0.1, -0.05) is 6.92 Å². The van der Waals surface area contributed by atoms with E-state index < -0.39 is 0 Å². The van der Waals surface area contributed by atoms with Gasteiger partial charge in [0.1, 0.15) is 0 Å². The summed E-state index contributed by atoms with van der Waals surface area (Å²) in [5, 5.41) is 3.03. The maximum Gasteiger partial charge on any atom is 0.223 e. The first-order chi connectivity index (χ1) is 7.19. The molecule has 0 radical (unpaired) electrons. The van der Waals surface area contributed by atoms with Gasteiger partial charge in [-0.2, -0.15) is 0 Å². The lowest BCUT2D eigenvalue weighted by Crippen LogP contribution is -2.44. The van der Waals surface area contributed by atoms with Gasteiger partial charge in [-0.25, -0.2) is 0 Å². The molecule has 1 saturated heterocycles. The quantitative estimate of drug-likeness (QED) is 0.685. The van der Waals surface area contributed by atoms with Crippen molar-refractivity contribution in [3.8, 4) is 0 Å². The topological polar surface area (TPSA) is 49.4 Å². The zero-order valence-corrected chi connectivity index (χ0v) is 9.11. The van der Waals surface area contributed by atoms with E-state index in [4.69, 9.17) is 0 Å². The molecule has 1 aliphatic heterocycles. The number of nitrogens with one attached hydrogen (secondary N) is 1. The first kappa shape index (κ1) is 10.5. The number of rotatable bonds is 3. The predicted octanol–water partition coefficient (Wildman–Crippen LogP) is 0.379. The lowest BCUT2D eigenvalue weighted by atomic mass is 9.75. The summed E-state index contributed by atoms with van der Waals surface area (Å²) in [6, 6.07) is 0.179. The molecule has 2 amide bonds. The number of hydrogen-bond donors (Lipinski definition) is 1. The minimum Gasteiger partial charge on any atom is -0.351 e. The first-order valence-corrected chi connectivity index (χ1v) is 5.68. The van der Waals surface area contributed by atoms with E-state index in [1.165, 1.54) is 0 Å². The van der Waals surface area contributed by atoms with Crippen LogP contribution in [-0.2, 0) is 9.59 Å². The lowest BCUT2D eigenvalue weighted by molar-refractivity contribution is -0.129. The Hall–Kier alpha value is -1.06. The standard InChI is InChI=1S/C11H18N2O2/c1-8-4-9(5-8)11(15)12-10-2-3-13(6-10)7-14/h7-10H,2-6H2,1H3,(H,12,15). The highest BCUT2D eigenvalue weighted by Crippen LogP contribution is 2.33. The smallest absolute Gasteiger partial charge is 0.223 e. The summed E-state index contributed by atoms with van der Waals surface area (Å²) < 4.78 is 0. The van der Waals surface area contributed by atoms with Gasteiger partial charge in [0.05, 0.1) is 0 Å². The maximum absolute atomic E-state index is 11.7. The third-order valence-corrected chi connectivity index (χ3v) is 3.46.